The van der Waals surface area contributed by atoms with Crippen LogP contribution in [-0.2, 0) is 15.0 Å². The molecule has 0 aromatic heterocycles. The second-order valence-electron chi connectivity index (χ2n) is 5.22. The van der Waals surface area contributed by atoms with Gasteiger partial charge in [-0.25, -0.2) is 0 Å². The maximum Gasteiger partial charge on any atom is 0.321 e. The highest BCUT2D eigenvalue weighted by Crippen LogP contribution is 2.32. The first-order chi connectivity index (χ1) is 10.9. The van der Waals surface area contributed by atoms with Gasteiger partial charge in [0, 0.05) is 6.92 Å². The molecule has 118 valence electrons. The van der Waals surface area contributed by atoms with E-state index >= 15 is 0 Å². The summed E-state index contributed by atoms with van der Waals surface area (Å²) in [6, 6.07) is 14.4. The van der Waals surface area contributed by atoms with E-state index in [4.69, 9.17) is 4.74 Å². The maximum absolute atomic E-state index is 12.9. The molecule has 0 fully saturated rings. The Hall–Kier alpha value is -2.95. The molecule has 0 aliphatic heterocycles. The van der Waals surface area contributed by atoms with E-state index in [1.54, 1.807) is 42.5 Å². The van der Waals surface area contributed by atoms with Crippen molar-refractivity contribution in [3.8, 4) is 5.75 Å². The molecule has 2 aromatic rings. The quantitative estimate of drug-likeness (QED) is 0.397. The maximum atomic E-state index is 12.9. The Morgan fingerprint density at radius 1 is 0.957 bits per heavy atom. The molecule has 1 N–H and O–H groups in total. The molecule has 0 saturated carbocycles. The lowest BCUT2D eigenvalue weighted by Gasteiger charge is -2.24. The van der Waals surface area contributed by atoms with Gasteiger partial charge in [-0.15, -0.1) is 0 Å². The van der Waals surface area contributed by atoms with E-state index in [0.717, 1.165) is 0 Å². The van der Waals surface area contributed by atoms with Gasteiger partial charge in [-0.2, -0.15) is 0 Å². The summed E-state index contributed by atoms with van der Waals surface area (Å²) in [6.07, 6.45) is 0. The van der Waals surface area contributed by atoms with Crippen LogP contribution in [0.4, 0.5) is 0 Å². The van der Waals surface area contributed by atoms with Crippen LogP contribution < -0.4 is 4.74 Å². The van der Waals surface area contributed by atoms with E-state index in [2.05, 4.69) is 0 Å². The zero-order valence-electron chi connectivity index (χ0n) is 12.8. The van der Waals surface area contributed by atoms with Crippen molar-refractivity contribution in [2.24, 2.45) is 0 Å². The number of hydrogen-bond acceptors (Lipinski definition) is 4. The first-order valence-corrected chi connectivity index (χ1v) is 6.98. The number of carbonyl (C=O) groups is 3. The van der Waals surface area contributed by atoms with Gasteiger partial charge in [-0.3, -0.25) is 14.4 Å². The number of benzene rings is 2. The fourth-order valence-corrected chi connectivity index (χ4v) is 2.29. The summed E-state index contributed by atoms with van der Waals surface area (Å²) >= 11 is 0. The SMILES string of the molecule is CC(=O)Oc1ccccc1C(=O)[C@](C)(C(=O)O)c1ccccc1. The molecular weight excluding hydrogens is 296 g/mol. The van der Waals surface area contributed by atoms with Crippen molar-refractivity contribution in [3.05, 3.63) is 65.7 Å². The number of carbonyl (C=O) groups excluding carboxylic acids is 2. The van der Waals surface area contributed by atoms with Crippen LogP contribution in [0.5, 0.6) is 5.75 Å². The highest BCUT2D eigenvalue weighted by atomic mass is 16.5. The first kappa shape index (κ1) is 16.4. The fourth-order valence-electron chi connectivity index (χ4n) is 2.29. The molecule has 5 nitrogen and oxygen atoms in total. The molecule has 0 unspecified atom stereocenters. The van der Waals surface area contributed by atoms with Crippen molar-refractivity contribution in [3.63, 3.8) is 0 Å². The van der Waals surface area contributed by atoms with Gasteiger partial charge in [0.2, 0.25) is 0 Å². The smallest absolute Gasteiger partial charge is 0.321 e. The third-order valence-electron chi connectivity index (χ3n) is 3.62. The third kappa shape index (κ3) is 3.13. The van der Waals surface area contributed by atoms with Gasteiger partial charge in [0.25, 0.3) is 0 Å². The highest BCUT2D eigenvalue weighted by molar-refractivity contribution is 6.17. The molecule has 2 aromatic carbocycles. The van der Waals surface area contributed by atoms with Crippen LogP contribution in [0, 0.1) is 0 Å². The normalized spacial score (nSPS) is 13.0. The highest BCUT2D eigenvalue weighted by Gasteiger charge is 2.44. The lowest BCUT2D eigenvalue weighted by Crippen LogP contribution is -2.41. The van der Waals surface area contributed by atoms with E-state index in [1.807, 2.05) is 0 Å². The molecule has 0 aliphatic rings. The number of hydrogen-bond donors (Lipinski definition) is 1. The van der Waals surface area contributed by atoms with E-state index in [0.29, 0.717) is 5.56 Å². The molecule has 0 aliphatic carbocycles. The number of esters is 1. The standard InChI is InChI=1S/C18H16O5/c1-12(19)23-15-11-7-6-10-14(15)16(20)18(2,17(21)22)13-8-4-3-5-9-13/h3-11H,1-2H3,(H,21,22)/t18-/m1/s1. The van der Waals surface area contributed by atoms with Gasteiger partial charge < -0.3 is 9.84 Å². The molecule has 0 heterocycles. The Morgan fingerprint density at radius 3 is 2.09 bits per heavy atom. The minimum absolute atomic E-state index is 0.0495. The predicted octanol–water partition coefficient (Wildman–Crippen LogP) is 2.84. The summed E-state index contributed by atoms with van der Waals surface area (Å²) in [5.41, 5.74) is -1.37. The predicted molar refractivity (Wildman–Crippen MR) is 83.5 cm³/mol. The van der Waals surface area contributed by atoms with Crippen molar-refractivity contribution in [1.82, 2.24) is 0 Å². The summed E-state index contributed by atoms with van der Waals surface area (Å²) < 4.78 is 5.02. The van der Waals surface area contributed by atoms with E-state index < -0.39 is 23.1 Å². The second-order valence-corrected chi connectivity index (χ2v) is 5.22. The first-order valence-electron chi connectivity index (χ1n) is 6.98. The van der Waals surface area contributed by atoms with Gasteiger partial charge >= 0.3 is 11.9 Å². The lowest BCUT2D eigenvalue weighted by molar-refractivity contribution is -0.141. The summed E-state index contributed by atoms with van der Waals surface area (Å²) in [4.78, 5) is 36.0. The van der Waals surface area contributed by atoms with Crippen molar-refractivity contribution in [2.75, 3.05) is 0 Å². The van der Waals surface area contributed by atoms with Gasteiger partial charge in [-0.05, 0) is 24.6 Å². The number of para-hydroxylation sites is 1. The monoisotopic (exact) mass is 312 g/mol. The molecule has 5 heteroatoms. The molecular formula is C18H16O5. The van der Waals surface area contributed by atoms with Gasteiger partial charge in [0.1, 0.15) is 5.75 Å². The number of aliphatic carboxylic acids is 1. The Labute approximate surface area is 133 Å². The summed E-state index contributed by atoms with van der Waals surface area (Å²) in [7, 11) is 0. The second kappa shape index (κ2) is 6.44. The van der Waals surface area contributed by atoms with Crippen LogP contribution in [0.3, 0.4) is 0 Å². The number of carboxylic acids is 1. The minimum Gasteiger partial charge on any atom is -0.480 e. The zero-order chi connectivity index (χ0) is 17.0. The molecule has 0 bridgehead atoms. The van der Waals surface area contributed by atoms with Crippen molar-refractivity contribution in [1.29, 1.82) is 0 Å². The van der Waals surface area contributed by atoms with Crippen LogP contribution in [-0.4, -0.2) is 22.8 Å². The number of ether oxygens (including phenoxy) is 1. The largest absolute Gasteiger partial charge is 0.480 e. The Kier molecular flexibility index (Phi) is 4.60. The minimum atomic E-state index is -1.78. The average molecular weight is 312 g/mol. The Morgan fingerprint density at radius 2 is 1.52 bits per heavy atom. The van der Waals surface area contributed by atoms with Gasteiger partial charge in [0.15, 0.2) is 11.2 Å². The average Bonchev–Trinajstić information content (AvgIpc) is 2.54. The molecule has 23 heavy (non-hydrogen) atoms. The van der Waals surface area contributed by atoms with Crippen molar-refractivity contribution < 1.29 is 24.2 Å². The topological polar surface area (TPSA) is 80.7 Å². The number of Topliss-reactive ketones (excluding diaryl/α,β-unsaturated/α-hetero) is 1. The summed E-state index contributed by atoms with van der Waals surface area (Å²) in [5.74, 6) is -2.45. The molecule has 0 radical (unpaired) electrons. The summed E-state index contributed by atoms with van der Waals surface area (Å²) in [5, 5.41) is 9.66. The molecule has 2 rings (SSSR count). The van der Waals surface area contributed by atoms with Gasteiger partial charge in [0.05, 0.1) is 5.56 Å². The van der Waals surface area contributed by atoms with Crippen LogP contribution in [0.25, 0.3) is 0 Å². The Balaban J connectivity index is 2.57. The third-order valence-corrected chi connectivity index (χ3v) is 3.62. The number of ketones is 1. The van der Waals surface area contributed by atoms with Crippen LogP contribution in [0.2, 0.25) is 0 Å². The van der Waals surface area contributed by atoms with Crippen molar-refractivity contribution in [2.45, 2.75) is 19.3 Å². The van der Waals surface area contributed by atoms with E-state index in [-0.39, 0.29) is 11.3 Å². The molecule has 1 atom stereocenters. The van der Waals surface area contributed by atoms with Crippen LogP contribution in [0.1, 0.15) is 29.8 Å². The summed E-state index contributed by atoms with van der Waals surface area (Å²) in [6.45, 7) is 2.56. The molecule has 0 amide bonds. The zero-order valence-corrected chi connectivity index (χ0v) is 12.8. The number of carboxylic acid groups (broad SMARTS) is 1. The number of rotatable bonds is 5. The van der Waals surface area contributed by atoms with E-state index in [1.165, 1.54) is 26.0 Å². The van der Waals surface area contributed by atoms with E-state index in [9.17, 15) is 19.5 Å². The van der Waals surface area contributed by atoms with Crippen LogP contribution in [0.15, 0.2) is 54.6 Å². The fraction of sp³-hybridized carbons (Fsp3) is 0.167. The molecule has 0 spiro atoms. The van der Waals surface area contributed by atoms with Gasteiger partial charge in [-0.1, -0.05) is 42.5 Å². The Bertz CT molecular complexity index is 751. The molecule has 0 saturated heterocycles. The van der Waals surface area contributed by atoms with Crippen molar-refractivity contribution >= 4 is 17.7 Å². The van der Waals surface area contributed by atoms with Crippen LogP contribution >= 0.6 is 0 Å². The lowest BCUT2D eigenvalue weighted by atomic mass is 9.76.